The van der Waals surface area contributed by atoms with Gasteiger partial charge in [-0.05, 0) is 104 Å². The van der Waals surface area contributed by atoms with Crippen LogP contribution < -0.4 is 0 Å². The summed E-state index contributed by atoms with van der Waals surface area (Å²) in [5, 5.41) is 52.3. The summed E-state index contributed by atoms with van der Waals surface area (Å²) in [6.45, 7) is 2.30. The summed E-state index contributed by atoms with van der Waals surface area (Å²) in [6.07, 6.45) is -4.80. The Labute approximate surface area is 307 Å². The molecule has 0 radical (unpaired) electrons. The van der Waals surface area contributed by atoms with Gasteiger partial charge in [-0.2, -0.15) is 39.5 Å². The van der Waals surface area contributed by atoms with E-state index in [2.05, 4.69) is 6.92 Å². The number of rotatable bonds is 17. The maximum absolute atomic E-state index is 14.2. The van der Waals surface area contributed by atoms with Crippen LogP contribution >= 0.6 is 0 Å². The lowest BCUT2D eigenvalue weighted by molar-refractivity contribution is -0.397. The Bertz CT molecular complexity index is 1530. The fourth-order valence-electron chi connectivity index (χ4n) is 10.6. The molecule has 0 amide bonds. The number of hydrogen-bond donors (Lipinski definition) is 5. The third kappa shape index (κ3) is 6.86. The van der Waals surface area contributed by atoms with Crippen LogP contribution in [0.5, 0.6) is 5.75 Å². The van der Waals surface area contributed by atoms with E-state index in [4.69, 9.17) is 0 Å². The molecular formula is C38H49F9O7. The molecule has 7 nitrogen and oxygen atoms in total. The Hall–Kier alpha value is -2.75. The molecule has 5 N–H and O–H groups in total. The maximum Gasteiger partial charge on any atom is 0.460 e. The number of benzene rings is 1. The first-order valence-corrected chi connectivity index (χ1v) is 18.8. The normalized spacial score (nSPS) is 29.4. The summed E-state index contributed by atoms with van der Waals surface area (Å²) in [6, 6.07) is 5.20. The van der Waals surface area contributed by atoms with Crippen molar-refractivity contribution in [3.05, 3.63) is 29.3 Å². The summed E-state index contributed by atoms with van der Waals surface area (Å²) in [5.74, 6) is -24.1. The van der Waals surface area contributed by atoms with E-state index in [0.717, 1.165) is 49.7 Å². The lowest BCUT2D eigenvalue weighted by Gasteiger charge is -2.55. The molecule has 306 valence electrons. The molecule has 0 aliphatic heterocycles. The van der Waals surface area contributed by atoms with Crippen molar-refractivity contribution in [1.82, 2.24) is 0 Å². The van der Waals surface area contributed by atoms with Crippen LogP contribution in [0.1, 0.15) is 133 Å². The zero-order valence-corrected chi connectivity index (χ0v) is 30.0. The standard InChI is InChI=1S/C38H49F9O7/c1-32-14-12-23-22-11-10-21(48)19-25(22)29(50)24(28(23)26(32)20-27(49)34(32)16-17-34)9-7-5-3-2-4-6-8-13-33(30(51)52,31(53)54)15-18-35(39,40)36(41,42)37(43,44)38(45,46)47/h10-11,19,23-24,26-29,48-50H,2-9,12-18,20H2,1H3,(H,51,52)(H,53,54)/t23?,24?,26?,27-,28?,29+,32+/m1/s1. The van der Waals surface area contributed by atoms with E-state index >= 15 is 0 Å². The molecule has 1 spiro atoms. The number of phenolic OH excluding ortho intramolecular Hbond substituents is 1. The average Bonchev–Trinajstić information content (AvgIpc) is 3.86. The SMILES string of the molecule is C[C@]12CCC3c4ccc(O)cc4[C@@H](O)C(CCCCCCCCCC(CCC(F)(F)C(F)(F)C(F)(F)C(F)(F)F)(C(=O)O)C(=O)O)C3C1C[C@@H](O)C21CC1. The van der Waals surface area contributed by atoms with Gasteiger partial charge in [0.15, 0.2) is 5.41 Å². The van der Waals surface area contributed by atoms with Gasteiger partial charge in [0.25, 0.3) is 0 Å². The van der Waals surface area contributed by atoms with Crippen molar-refractivity contribution >= 4 is 11.9 Å². The first kappa shape index (κ1) is 42.4. The van der Waals surface area contributed by atoms with Gasteiger partial charge in [-0.15, -0.1) is 0 Å². The first-order valence-electron chi connectivity index (χ1n) is 18.8. The molecule has 3 fully saturated rings. The fraction of sp³-hybridized carbons (Fsp3) is 0.789. The Morgan fingerprint density at radius 1 is 0.759 bits per heavy atom. The van der Waals surface area contributed by atoms with Crippen molar-refractivity contribution in [2.75, 3.05) is 0 Å². The van der Waals surface area contributed by atoms with Crippen molar-refractivity contribution in [2.24, 2.45) is 34.0 Å². The number of phenols is 1. The van der Waals surface area contributed by atoms with Gasteiger partial charge in [0.1, 0.15) is 5.75 Å². The number of unbranched alkanes of at least 4 members (excludes halogenated alkanes) is 6. The molecule has 1 aromatic rings. The number of aliphatic carboxylic acids is 2. The molecule has 4 aliphatic rings. The van der Waals surface area contributed by atoms with Gasteiger partial charge in [-0.25, -0.2) is 0 Å². The van der Waals surface area contributed by atoms with Crippen LogP contribution in [0.2, 0.25) is 0 Å². The van der Waals surface area contributed by atoms with Crippen LogP contribution in [0.25, 0.3) is 0 Å². The number of carboxylic acid groups (broad SMARTS) is 2. The summed E-state index contributed by atoms with van der Waals surface area (Å²) in [4.78, 5) is 23.8. The molecule has 1 aromatic carbocycles. The highest BCUT2D eigenvalue weighted by Gasteiger charge is 2.81. The number of carbonyl (C=O) groups is 2. The maximum atomic E-state index is 14.2. The third-order valence-corrected chi connectivity index (χ3v) is 14.0. The van der Waals surface area contributed by atoms with Crippen molar-refractivity contribution < 1.29 is 74.6 Å². The van der Waals surface area contributed by atoms with E-state index in [-0.39, 0.29) is 59.2 Å². The van der Waals surface area contributed by atoms with E-state index in [0.29, 0.717) is 32.1 Å². The molecule has 0 saturated heterocycles. The van der Waals surface area contributed by atoms with Gasteiger partial charge in [0, 0.05) is 11.8 Å². The molecule has 0 bridgehead atoms. The monoisotopic (exact) mass is 788 g/mol. The number of aliphatic hydroxyl groups is 2. The number of aliphatic hydroxyl groups excluding tert-OH is 2. The average molecular weight is 789 g/mol. The van der Waals surface area contributed by atoms with Crippen LogP contribution in [0.4, 0.5) is 39.5 Å². The smallest absolute Gasteiger partial charge is 0.460 e. The molecule has 5 rings (SSSR count). The number of carboxylic acids is 2. The zero-order chi connectivity index (χ0) is 40.3. The topological polar surface area (TPSA) is 135 Å². The lowest BCUT2D eigenvalue weighted by Crippen LogP contribution is -2.61. The van der Waals surface area contributed by atoms with Crippen LogP contribution in [0.15, 0.2) is 18.2 Å². The molecule has 4 unspecified atom stereocenters. The predicted octanol–water partition coefficient (Wildman–Crippen LogP) is 9.63. The fourth-order valence-corrected chi connectivity index (χ4v) is 10.6. The zero-order valence-electron chi connectivity index (χ0n) is 30.0. The quantitative estimate of drug-likeness (QED) is 0.0603. The highest BCUT2D eigenvalue weighted by Crippen LogP contribution is 2.76. The first-order chi connectivity index (χ1) is 24.9. The number of alkyl halides is 9. The van der Waals surface area contributed by atoms with Crippen molar-refractivity contribution in [3.63, 3.8) is 0 Å². The van der Waals surface area contributed by atoms with Crippen LogP contribution in [0.3, 0.4) is 0 Å². The number of halogens is 9. The minimum atomic E-state index is -7.16. The summed E-state index contributed by atoms with van der Waals surface area (Å²) < 4.78 is 120. The second-order valence-corrected chi connectivity index (χ2v) is 16.6. The van der Waals surface area contributed by atoms with E-state index in [9.17, 15) is 74.6 Å². The van der Waals surface area contributed by atoms with E-state index in [1.165, 1.54) is 0 Å². The Morgan fingerprint density at radius 3 is 1.89 bits per heavy atom. The second-order valence-electron chi connectivity index (χ2n) is 16.6. The Balaban J connectivity index is 1.13. The van der Waals surface area contributed by atoms with Gasteiger partial charge < -0.3 is 25.5 Å². The lowest BCUT2D eigenvalue weighted by atomic mass is 9.50. The predicted molar refractivity (Wildman–Crippen MR) is 175 cm³/mol. The number of fused-ring (bicyclic) bond motifs is 6. The summed E-state index contributed by atoms with van der Waals surface area (Å²) in [5.41, 5.74) is -1.41. The molecule has 0 heterocycles. The number of aromatic hydroxyl groups is 1. The minimum absolute atomic E-state index is 0.0212. The van der Waals surface area contributed by atoms with Crippen molar-refractivity contribution in [2.45, 2.75) is 152 Å². The highest BCUT2D eigenvalue weighted by molar-refractivity contribution is 5.98. The van der Waals surface area contributed by atoms with Crippen LogP contribution in [0, 0.1) is 34.0 Å². The van der Waals surface area contributed by atoms with E-state index in [1.54, 1.807) is 12.1 Å². The van der Waals surface area contributed by atoms with Crippen LogP contribution in [-0.4, -0.2) is 67.5 Å². The molecule has 4 aliphatic carbocycles. The van der Waals surface area contributed by atoms with Crippen LogP contribution in [-0.2, 0) is 9.59 Å². The number of hydrogen-bond acceptors (Lipinski definition) is 5. The van der Waals surface area contributed by atoms with Gasteiger partial charge >= 0.3 is 35.9 Å². The summed E-state index contributed by atoms with van der Waals surface area (Å²) >= 11 is 0. The van der Waals surface area contributed by atoms with Crippen molar-refractivity contribution in [3.8, 4) is 5.75 Å². The van der Waals surface area contributed by atoms with Crippen molar-refractivity contribution in [1.29, 1.82) is 0 Å². The molecular weight excluding hydrogens is 739 g/mol. The van der Waals surface area contributed by atoms with Gasteiger partial charge in [0.05, 0.1) is 12.2 Å². The van der Waals surface area contributed by atoms with E-state index in [1.807, 2.05) is 6.07 Å². The minimum Gasteiger partial charge on any atom is -0.508 e. The molecule has 3 saturated carbocycles. The second kappa shape index (κ2) is 14.6. The van der Waals surface area contributed by atoms with E-state index < -0.39 is 66.7 Å². The van der Waals surface area contributed by atoms with Gasteiger partial charge in [-0.3, -0.25) is 9.59 Å². The highest BCUT2D eigenvalue weighted by atomic mass is 19.4. The Morgan fingerprint density at radius 2 is 1.33 bits per heavy atom. The third-order valence-electron chi connectivity index (χ3n) is 14.0. The molecule has 54 heavy (non-hydrogen) atoms. The van der Waals surface area contributed by atoms with Gasteiger partial charge in [-0.1, -0.05) is 57.9 Å². The molecule has 0 aromatic heterocycles. The molecule has 16 heteroatoms. The van der Waals surface area contributed by atoms with Gasteiger partial charge in [0.2, 0.25) is 0 Å². The molecule has 7 atom stereocenters. The largest absolute Gasteiger partial charge is 0.508 e. The summed E-state index contributed by atoms with van der Waals surface area (Å²) in [7, 11) is 0. The Kier molecular flexibility index (Phi) is 11.5.